The molecule has 118 valence electrons. The average molecular weight is 315 g/mol. The third-order valence-electron chi connectivity index (χ3n) is 4.17. The number of likely N-dealkylation sites (tertiary alicyclic amines) is 1. The van der Waals surface area contributed by atoms with Gasteiger partial charge in [-0.15, -0.1) is 5.10 Å². The highest BCUT2D eigenvalue weighted by atomic mass is 19.1. The smallest absolute Gasteiger partial charge is 0.277 e. The average Bonchev–Trinajstić information content (AvgIpc) is 3.00. The van der Waals surface area contributed by atoms with Crippen LogP contribution in [0.1, 0.15) is 29.8 Å². The quantitative estimate of drug-likeness (QED) is 0.734. The molecule has 0 unspecified atom stereocenters. The number of carbonyl (C=O) groups is 1. The zero-order chi connectivity index (χ0) is 16.0. The Labute approximate surface area is 129 Å². The van der Waals surface area contributed by atoms with Crippen molar-refractivity contribution in [3.05, 3.63) is 40.1 Å². The SMILES string of the molecule is O=C(c1nnn2c1c(=O)[nH]c1cc(F)ccc12)N1CCCCC1. The molecule has 0 saturated carbocycles. The van der Waals surface area contributed by atoms with Gasteiger partial charge in [-0.25, -0.2) is 8.91 Å². The van der Waals surface area contributed by atoms with Crippen molar-refractivity contribution >= 4 is 22.5 Å². The molecule has 1 N–H and O–H groups in total. The van der Waals surface area contributed by atoms with E-state index < -0.39 is 11.4 Å². The fourth-order valence-corrected chi connectivity index (χ4v) is 3.02. The van der Waals surface area contributed by atoms with Crippen LogP contribution in [0.3, 0.4) is 0 Å². The summed E-state index contributed by atoms with van der Waals surface area (Å²) >= 11 is 0. The predicted molar refractivity (Wildman–Crippen MR) is 80.8 cm³/mol. The Morgan fingerprint density at radius 2 is 2.00 bits per heavy atom. The number of nitrogens with zero attached hydrogens (tertiary/aromatic N) is 4. The second kappa shape index (κ2) is 5.15. The minimum atomic E-state index is -0.506. The van der Waals surface area contributed by atoms with Gasteiger partial charge in [0.1, 0.15) is 5.82 Å². The molecule has 0 atom stereocenters. The van der Waals surface area contributed by atoms with Gasteiger partial charge < -0.3 is 9.88 Å². The van der Waals surface area contributed by atoms with Gasteiger partial charge >= 0.3 is 0 Å². The fraction of sp³-hybridized carbons (Fsp3) is 0.333. The number of nitrogens with one attached hydrogen (secondary N) is 1. The van der Waals surface area contributed by atoms with E-state index in [0.29, 0.717) is 24.1 Å². The van der Waals surface area contributed by atoms with Crippen LogP contribution in [-0.4, -0.2) is 43.7 Å². The lowest BCUT2D eigenvalue weighted by Gasteiger charge is -2.25. The van der Waals surface area contributed by atoms with Crippen molar-refractivity contribution in [1.82, 2.24) is 24.7 Å². The number of halogens is 1. The van der Waals surface area contributed by atoms with Gasteiger partial charge in [0.05, 0.1) is 11.0 Å². The second-order valence-corrected chi connectivity index (χ2v) is 5.67. The molecule has 1 aliphatic rings. The summed E-state index contributed by atoms with van der Waals surface area (Å²) in [5.41, 5.74) is 0.433. The molecule has 1 aromatic carbocycles. The normalized spacial score (nSPS) is 15.4. The molecule has 1 saturated heterocycles. The minimum absolute atomic E-state index is 0.0411. The van der Waals surface area contributed by atoms with E-state index in [1.807, 2.05) is 0 Å². The van der Waals surface area contributed by atoms with Gasteiger partial charge in [-0.1, -0.05) is 5.21 Å². The molecule has 3 heterocycles. The first kappa shape index (κ1) is 13.9. The van der Waals surface area contributed by atoms with Crippen molar-refractivity contribution in [2.75, 3.05) is 13.1 Å². The van der Waals surface area contributed by atoms with Gasteiger partial charge in [0.2, 0.25) is 0 Å². The van der Waals surface area contributed by atoms with E-state index in [4.69, 9.17) is 0 Å². The number of rotatable bonds is 1. The number of hydrogen-bond acceptors (Lipinski definition) is 4. The summed E-state index contributed by atoms with van der Waals surface area (Å²) in [5, 5.41) is 7.84. The first-order chi connectivity index (χ1) is 11.1. The van der Waals surface area contributed by atoms with E-state index in [1.165, 1.54) is 22.7 Å². The third kappa shape index (κ3) is 2.18. The molecule has 1 amide bonds. The van der Waals surface area contributed by atoms with Crippen molar-refractivity contribution < 1.29 is 9.18 Å². The molecular weight excluding hydrogens is 301 g/mol. The largest absolute Gasteiger partial charge is 0.337 e. The summed E-state index contributed by atoms with van der Waals surface area (Å²) in [6.07, 6.45) is 3.00. The predicted octanol–water partition coefficient (Wildman–Crippen LogP) is 1.34. The van der Waals surface area contributed by atoms with E-state index in [0.717, 1.165) is 19.3 Å². The number of amides is 1. The van der Waals surface area contributed by atoms with E-state index in [9.17, 15) is 14.0 Å². The molecular formula is C15H14FN5O2. The van der Waals surface area contributed by atoms with Crippen LogP contribution in [0.15, 0.2) is 23.0 Å². The number of fused-ring (bicyclic) bond motifs is 3. The standard InChI is InChI=1S/C15H14FN5O2/c16-9-4-5-11-10(8-9)17-14(22)13-12(18-19-21(11)13)15(23)20-6-2-1-3-7-20/h4-5,8H,1-3,6-7H2,(H,17,22). The lowest BCUT2D eigenvalue weighted by Crippen LogP contribution is -2.36. The van der Waals surface area contributed by atoms with Crippen LogP contribution in [0, 0.1) is 5.82 Å². The van der Waals surface area contributed by atoms with E-state index in [2.05, 4.69) is 15.3 Å². The highest BCUT2D eigenvalue weighted by Gasteiger charge is 2.25. The lowest BCUT2D eigenvalue weighted by molar-refractivity contribution is 0.0720. The van der Waals surface area contributed by atoms with Crippen LogP contribution >= 0.6 is 0 Å². The Morgan fingerprint density at radius 3 is 2.78 bits per heavy atom. The summed E-state index contributed by atoms with van der Waals surface area (Å²) in [5.74, 6) is -0.746. The molecule has 4 rings (SSSR count). The van der Waals surface area contributed by atoms with Crippen molar-refractivity contribution in [3.63, 3.8) is 0 Å². The Kier molecular flexibility index (Phi) is 3.10. The molecule has 8 heteroatoms. The third-order valence-corrected chi connectivity index (χ3v) is 4.17. The Balaban J connectivity index is 1.90. The number of piperidine rings is 1. The number of aromatic amines is 1. The van der Waals surface area contributed by atoms with Crippen LogP contribution in [0.25, 0.3) is 16.6 Å². The number of H-pyrrole nitrogens is 1. The zero-order valence-corrected chi connectivity index (χ0v) is 12.3. The first-order valence-corrected chi connectivity index (χ1v) is 7.51. The van der Waals surface area contributed by atoms with Crippen LogP contribution in [0.2, 0.25) is 0 Å². The minimum Gasteiger partial charge on any atom is -0.337 e. The molecule has 7 nitrogen and oxygen atoms in total. The molecule has 0 spiro atoms. The van der Waals surface area contributed by atoms with E-state index >= 15 is 0 Å². The highest BCUT2D eigenvalue weighted by molar-refractivity contribution is 5.99. The van der Waals surface area contributed by atoms with Gasteiger partial charge in [0.15, 0.2) is 11.2 Å². The summed E-state index contributed by atoms with van der Waals surface area (Å²) < 4.78 is 14.6. The van der Waals surface area contributed by atoms with Crippen molar-refractivity contribution in [2.24, 2.45) is 0 Å². The molecule has 1 aliphatic heterocycles. The lowest BCUT2D eigenvalue weighted by atomic mass is 10.1. The van der Waals surface area contributed by atoms with Crippen LogP contribution in [-0.2, 0) is 0 Å². The molecule has 2 aromatic heterocycles. The Hall–Kier alpha value is -2.77. The van der Waals surface area contributed by atoms with Gasteiger partial charge in [0, 0.05) is 13.1 Å². The van der Waals surface area contributed by atoms with Crippen molar-refractivity contribution in [1.29, 1.82) is 0 Å². The number of hydrogen-bond donors (Lipinski definition) is 1. The maximum atomic E-state index is 13.3. The van der Waals surface area contributed by atoms with Crippen molar-refractivity contribution in [3.8, 4) is 0 Å². The summed E-state index contributed by atoms with van der Waals surface area (Å²) in [7, 11) is 0. The van der Waals surface area contributed by atoms with Gasteiger partial charge in [0.25, 0.3) is 11.5 Å². The topological polar surface area (TPSA) is 83.4 Å². The molecule has 23 heavy (non-hydrogen) atoms. The summed E-state index contributed by atoms with van der Waals surface area (Å²) in [4.78, 5) is 29.2. The van der Waals surface area contributed by atoms with Crippen molar-refractivity contribution in [2.45, 2.75) is 19.3 Å². The van der Waals surface area contributed by atoms with E-state index in [1.54, 1.807) is 4.90 Å². The Bertz CT molecular complexity index is 971. The number of benzene rings is 1. The second-order valence-electron chi connectivity index (χ2n) is 5.67. The maximum absolute atomic E-state index is 13.3. The van der Waals surface area contributed by atoms with Gasteiger partial charge in [-0.05, 0) is 37.5 Å². The number of carbonyl (C=O) groups excluding carboxylic acids is 1. The fourth-order valence-electron chi connectivity index (χ4n) is 3.02. The molecule has 0 radical (unpaired) electrons. The van der Waals surface area contributed by atoms with E-state index in [-0.39, 0.29) is 17.1 Å². The highest BCUT2D eigenvalue weighted by Crippen LogP contribution is 2.17. The number of aromatic nitrogens is 4. The van der Waals surface area contributed by atoms with Crippen LogP contribution < -0.4 is 5.56 Å². The molecule has 0 bridgehead atoms. The summed E-state index contributed by atoms with van der Waals surface area (Å²) in [6, 6.07) is 3.98. The van der Waals surface area contributed by atoms with Gasteiger partial charge in [-0.2, -0.15) is 0 Å². The summed E-state index contributed by atoms with van der Waals surface area (Å²) in [6.45, 7) is 1.32. The monoisotopic (exact) mass is 315 g/mol. The van der Waals surface area contributed by atoms with Gasteiger partial charge in [-0.3, -0.25) is 9.59 Å². The molecule has 1 fully saturated rings. The molecule has 3 aromatic rings. The molecule has 0 aliphatic carbocycles. The zero-order valence-electron chi connectivity index (χ0n) is 12.3. The maximum Gasteiger partial charge on any atom is 0.277 e. The van der Waals surface area contributed by atoms with Crippen LogP contribution in [0.4, 0.5) is 4.39 Å². The Morgan fingerprint density at radius 1 is 1.22 bits per heavy atom. The first-order valence-electron chi connectivity index (χ1n) is 7.51. The van der Waals surface area contributed by atoms with Crippen LogP contribution in [0.5, 0.6) is 0 Å².